The summed E-state index contributed by atoms with van der Waals surface area (Å²) < 4.78 is 106. The monoisotopic (exact) mass is 555 g/mol. The molecule has 198 valence electrons. The number of hydrogen-bond donors (Lipinski definition) is 1. The predicted octanol–water partition coefficient (Wildman–Crippen LogP) is 4.31. The number of rotatable bonds is 5. The van der Waals surface area contributed by atoms with Gasteiger partial charge in [-0.25, -0.2) is 18.4 Å². The summed E-state index contributed by atoms with van der Waals surface area (Å²) in [7, 11) is -4.63. The maximum atomic E-state index is 13.4. The molecule has 16 heteroatoms. The summed E-state index contributed by atoms with van der Waals surface area (Å²) in [5.41, 5.74) is -1.10. The highest BCUT2D eigenvalue weighted by Crippen LogP contribution is 2.37. The average Bonchev–Trinajstić information content (AvgIpc) is 3.17. The number of nitriles is 1. The van der Waals surface area contributed by atoms with E-state index < -0.39 is 38.9 Å². The summed E-state index contributed by atoms with van der Waals surface area (Å²) in [5.74, 6) is 0.0727. The normalized spacial score (nSPS) is 13.4. The van der Waals surface area contributed by atoms with Gasteiger partial charge in [0.1, 0.15) is 22.7 Å². The van der Waals surface area contributed by atoms with Crippen molar-refractivity contribution in [3.63, 3.8) is 0 Å². The number of aryl methyl sites for hydroxylation is 1. The van der Waals surface area contributed by atoms with Crippen LogP contribution < -0.4 is 4.72 Å². The van der Waals surface area contributed by atoms with Crippen molar-refractivity contribution < 1.29 is 34.8 Å². The Balaban J connectivity index is 1.92. The summed E-state index contributed by atoms with van der Waals surface area (Å²) >= 11 is 0. The third-order valence-electron chi connectivity index (χ3n) is 5.36. The van der Waals surface area contributed by atoms with E-state index in [2.05, 4.69) is 19.9 Å². The number of nitrogens with zero attached hydrogens (tertiary/aromatic N) is 6. The number of nitrogens with one attached hydrogen (secondary N) is 1. The van der Waals surface area contributed by atoms with Crippen LogP contribution in [-0.4, -0.2) is 45.1 Å². The fraction of sp³-hybridized carbons (Fsp3) is 0.227. The quantitative estimate of drug-likeness (QED) is 0.364. The van der Waals surface area contributed by atoms with Gasteiger partial charge in [0, 0.05) is 17.8 Å². The molecule has 0 saturated heterocycles. The van der Waals surface area contributed by atoms with Crippen molar-refractivity contribution in [1.82, 2.24) is 29.2 Å². The van der Waals surface area contributed by atoms with E-state index in [0.29, 0.717) is 18.8 Å². The molecule has 1 unspecified atom stereocenters. The van der Waals surface area contributed by atoms with Gasteiger partial charge in [0.25, 0.3) is 0 Å². The Morgan fingerprint density at radius 3 is 2.24 bits per heavy atom. The zero-order valence-corrected chi connectivity index (χ0v) is 20.1. The molecule has 0 saturated carbocycles. The van der Waals surface area contributed by atoms with Gasteiger partial charge >= 0.3 is 12.4 Å². The number of pyridine rings is 2. The van der Waals surface area contributed by atoms with Crippen LogP contribution in [0.5, 0.6) is 0 Å². The molecule has 0 aliphatic rings. The van der Waals surface area contributed by atoms with E-state index in [1.54, 1.807) is 6.92 Å². The summed E-state index contributed by atoms with van der Waals surface area (Å²) in [6.45, 7) is 2.27. The van der Waals surface area contributed by atoms with Crippen molar-refractivity contribution in [2.75, 3.05) is 0 Å². The molecule has 0 bridgehead atoms. The van der Waals surface area contributed by atoms with Crippen molar-refractivity contribution in [2.45, 2.75) is 37.1 Å². The van der Waals surface area contributed by atoms with Gasteiger partial charge < -0.3 is 0 Å². The van der Waals surface area contributed by atoms with Gasteiger partial charge in [-0.15, -0.1) is 0 Å². The zero-order valence-electron chi connectivity index (χ0n) is 19.3. The third-order valence-corrected chi connectivity index (χ3v) is 6.88. The van der Waals surface area contributed by atoms with E-state index in [1.807, 2.05) is 6.07 Å². The Kier molecular flexibility index (Phi) is 6.62. The lowest BCUT2D eigenvalue weighted by Crippen LogP contribution is -2.42. The smallest absolute Gasteiger partial charge is 0.274 e. The molecule has 4 aromatic heterocycles. The van der Waals surface area contributed by atoms with Crippen molar-refractivity contribution >= 4 is 21.1 Å². The van der Waals surface area contributed by atoms with Gasteiger partial charge in [0.05, 0.1) is 40.6 Å². The molecular formula is C22H15F6N7O2S. The van der Waals surface area contributed by atoms with Crippen LogP contribution in [0.4, 0.5) is 26.3 Å². The summed E-state index contributed by atoms with van der Waals surface area (Å²) in [4.78, 5) is 15.6. The summed E-state index contributed by atoms with van der Waals surface area (Å²) in [6.07, 6.45) is -5.58. The maximum absolute atomic E-state index is 13.4. The van der Waals surface area contributed by atoms with Crippen molar-refractivity contribution in [3.8, 4) is 23.3 Å². The van der Waals surface area contributed by atoms with Gasteiger partial charge in [0.2, 0.25) is 10.0 Å². The van der Waals surface area contributed by atoms with E-state index in [0.717, 1.165) is 24.4 Å². The molecule has 0 spiro atoms. The number of alkyl halides is 6. The Hall–Kier alpha value is -4.10. The summed E-state index contributed by atoms with van der Waals surface area (Å²) in [6, 6.07) is 2.24. The molecule has 1 N–H and O–H groups in total. The lowest BCUT2D eigenvalue weighted by molar-refractivity contribution is -0.147. The number of sulfonamides is 1. The zero-order chi connectivity index (χ0) is 28.0. The van der Waals surface area contributed by atoms with Crippen molar-refractivity contribution in [1.29, 1.82) is 5.26 Å². The maximum Gasteiger partial charge on any atom is 0.417 e. The first kappa shape index (κ1) is 26.9. The fourth-order valence-electron chi connectivity index (χ4n) is 3.45. The number of fused-ring (bicyclic) bond motifs is 1. The molecule has 0 fully saturated rings. The predicted molar refractivity (Wildman–Crippen MR) is 120 cm³/mol. The van der Waals surface area contributed by atoms with E-state index in [9.17, 15) is 40.0 Å². The minimum atomic E-state index is -4.83. The lowest BCUT2D eigenvalue weighted by atomic mass is 10.1. The SMILES string of the molecule is Cc1cnc(-n2c(-c3ccc(S(=O)(=O)NC(C)C(F)(F)F)cn3)c(C#N)c3cc(C(F)(F)F)cnc32)cn1. The molecule has 4 heterocycles. The molecular weight excluding hydrogens is 540 g/mol. The molecule has 0 aliphatic carbocycles. The van der Waals surface area contributed by atoms with Crippen molar-refractivity contribution in [3.05, 3.63) is 59.8 Å². The first-order chi connectivity index (χ1) is 17.6. The van der Waals surface area contributed by atoms with Gasteiger partial charge in [0.15, 0.2) is 5.82 Å². The van der Waals surface area contributed by atoms with E-state index in [-0.39, 0.29) is 33.8 Å². The number of hydrogen-bond acceptors (Lipinski definition) is 7. The van der Waals surface area contributed by atoms with Crippen molar-refractivity contribution in [2.24, 2.45) is 0 Å². The number of aromatic nitrogens is 5. The largest absolute Gasteiger partial charge is 0.417 e. The molecule has 4 aromatic rings. The molecule has 1 atom stereocenters. The molecule has 0 aromatic carbocycles. The molecule has 0 aliphatic heterocycles. The van der Waals surface area contributed by atoms with Gasteiger partial charge in [-0.05, 0) is 32.0 Å². The van der Waals surface area contributed by atoms with Crippen LogP contribution in [0.2, 0.25) is 0 Å². The Morgan fingerprint density at radius 1 is 1.00 bits per heavy atom. The summed E-state index contributed by atoms with van der Waals surface area (Å²) in [5, 5.41) is 9.70. The first-order valence-corrected chi connectivity index (χ1v) is 12.0. The van der Waals surface area contributed by atoms with Crippen LogP contribution in [0.1, 0.15) is 23.7 Å². The highest BCUT2D eigenvalue weighted by Gasteiger charge is 2.39. The van der Waals surface area contributed by atoms with Crippen LogP contribution in [0.3, 0.4) is 0 Å². The van der Waals surface area contributed by atoms with Crippen LogP contribution in [-0.2, 0) is 16.2 Å². The molecule has 4 rings (SSSR count). The van der Waals surface area contributed by atoms with Gasteiger partial charge in [-0.1, -0.05) is 0 Å². The van der Waals surface area contributed by atoms with Crippen LogP contribution in [0.25, 0.3) is 28.2 Å². The lowest BCUT2D eigenvalue weighted by Gasteiger charge is -2.17. The van der Waals surface area contributed by atoms with Gasteiger partial charge in [-0.2, -0.15) is 36.3 Å². The van der Waals surface area contributed by atoms with Crippen LogP contribution in [0, 0.1) is 18.3 Å². The Labute approximate surface area is 210 Å². The van der Waals surface area contributed by atoms with Gasteiger partial charge in [-0.3, -0.25) is 14.5 Å². The number of halogens is 6. The van der Waals surface area contributed by atoms with E-state index >= 15 is 0 Å². The molecule has 9 nitrogen and oxygen atoms in total. The second-order valence-corrected chi connectivity index (χ2v) is 9.76. The molecule has 38 heavy (non-hydrogen) atoms. The highest BCUT2D eigenvalue weighted by molar-refractivity contribution is 7.89. The topological polar surface area (TPSA) is 126 Å². The van der Waals surface area contributed by atoms with Crippen LogP contribution >= 0.6 is 0 Å². The first-order valence-electron chi connectivity index (χ1n) is 10.5. The minimum absolute atomic E-state index is 0.0727. The Morgan fingerprint density at radius 2 is 1.71 bits per heavy atom. The highest BCUT2D eigenvalue weighted by atomic mass is 32.2. The standard InChI is InChI=1S/C22H15F6N7O2S/c1-11-7-32-18(10-30-11)35-19(16(6-29)15-5-13(22(26,27)28)8-33-20(15)35)17-4-3-14(9-31-17)38(36,37)34-12(2)21(23,24)25/h3-5,7-10,12,34H,1-2H3. The van der Waals surface area contributed by atoms with E-state index in [1.165, 1.54) is 21.7 Å². The molecule has 0 amide bonds. The minimum Gasteiger partial charge on any atom is -0.274 e. The fourth-order valence-corrected chi connectivity index (χ4v) is 4.62. The molecule has 0 radical (unpaired) electrons. The average molecular weight is 555 g/mol. The second-order valence-electron chi connectivity index (χ2n) is 8.04. The Bertz CT molecular complexity index is 1660. The second kappa shape index (κ2) is 9.33. The van der Waals surface area contributed by atoms with Crippen LogP contribution in [0.15, 0.2) is 47.9 Å². The van der Waals surface area contributed by atoms with E-state index in [4.69, 9.17) is 0 Å². The third kappa shape index (κ3) is 5.02.